The van der Waals surface area contributed by atoms with Gasteiger partial charge in [-0.25, -0.2) is 9.59 Å². The van der Waals surface area contributed by atoms with E-state index in [2.05, 4.69) is 20.8 Å². The van der Waals surface area contributed by atoms with Gasteiger partial charge in [0.2, 0.25) is 5.82 Å². The summed E-state index contributed by atoms with van der Waals surface area (Å²) in [4.78, 5) is 28.9. The van der Waals surface area contributed by atoms with E-state index in [9.17, 15) is 9.59 Å². The molecule has 1 aromatic heterocycles. The Balaban J connectivity index is 1.56. The van der Waals surface area contributed by atoms with Gasteiger partial charge in [-0.05, 0) is 18.1 Å². The van der Waals surface area contributed by atoms with E-state index < -0.39 is 18.0 Å². The molecule has 0 radical (unpaired) electrons. The van der Waals surface area contributed by atoms with Crippen LogP contribution in [-0.2, 0) is 16.1 Å². The lowest BCUT2D eigenvalue weighted by Crippen LogP contribution is -2.47. The van der Waals surface area contributed by atoms with Crippen LogP contribution in [0.15, 0.2) is 65.2 Å². The van der Waals surface area contributed by atoms with Crippen molar-refractivity contribution >= 4 is 17.7 Å². The second-order valence-corrected chi connectivity index (χ2v) is 6.67. The van der Waals surface area contributed by atoms with Crippen LogP contribution in [0.3, 0.4) is 0 Å². The fourth-order valence-corrected chi connectivity index (χ4v) is 2.57. The van der Waals surface area contributed by atoms with Crippen LogP contribution in [-0.4, -0.2) is 28.2 Å². The third-order valence-corrected chi connectivity index (χ3v) is 4.08. The summed E-state index contributed by atoms with van der Waals surface area (Å²) in [5.74, 6) is -0.167. The number of nitrogens with one attached hydrogen (secondary N) is 2. The number of ether oxygens (including phenoxy) is 1. The predicted octanol–water partition coefficient (Wildman–Crippen LogP) is 3.63. The lowest BCUT2D eigenvalue weighted by Gasteiger charge is -2.20. The first kappa shape index (κ1) is 20.1. The molecule has 1 heterocycles. The van der Waals surface area contributed by atoms with Crippen molar-refractivity contribution in [2.75, 3.05) is 5.32 Å². The number of amides is 2. The molecular formula is C21H22N4O4. The number of nitrogens with zero attached hydrogens (tertiary/aromatic N) is 2. The number of hydrogen-bond donors (Lipinski definition) is 2. The molecule has 8 heteroatoms. The number of rotatable bonds is 7. The number of carbonyl (C=O) groups excluding carboxylic acids is 2. The molecule has 150 valence electrons. The third-order valence-electron chi connectivity index (χ3n) is 4.08. The number of benzene rings is 2. The number of esters is 1. The van der Waals surface area contributed by atoms with Crippen LogP contribution in [0.4, 0.5) is 10.5 Å². The minimum atomic E-state index is -0.824. The van der Waals surface area contributed by atoms with Gasteiger partial charge in [0, 0.05) is 11.3 Å². The van der Waals surface area contributed by atoms with Gasteiger partial charge in [0.1, 0.15) is 6.04 Å². The number of anilines is 1. The Hall–Kier alpha value is -3.68. The van der Waals surface area contributed by atoms with E-state index in [1.165, 1.54) is 0 Å². The van der Waals surface area contributed by atoms with Crippen molar-refractivity contribution in [3.05, 3.63) is 66.6 Å². The van der Waals surface area contributed by atoms with Crippen molar-refractivity contribution in [1.29, 1.82) is 0 Å². The fraction of sp³-hybridized carbons (Fsp3) is 0.238. The Kier molecular flexibility index (Phi) is 6.57. The highest BCUT2D eigenvalue weighted by molar-refractivity contribution is 5.92. The van der Waals surface area contributed by atoms with Crippen LogP contribution in [0.25, 0.3) is 11.4 Å². The topological polar surface area (TPSA) is 106 Å². The molecule has 0 aliphatic rings. The molecule has 3 aromatic rings. The molecule has 0 aliphatic carbocycles. The smallest absolute Gasteiger partial charge is 0.329 e. The molecule has 0 aliphatic heterocycles. The Bertz CT molecular complexity index is 942. The first-order chi connectivity index (χ1) is 14.0. The molecule has 0 saturated carbocycles. The highest BCUT2D eigenvalue weighted by Gasteiger charge is 2.26. The number of urea groups is 1. The number of aromatic nitrogens is 2. The van der Waals surface area contributed by atoms with Crippen molar-refractivity contribution in [1.82, 2.24) is 15.5 Å². The first-order valence-electron chi connectivity index (χ1n) is 9.20. The molecule has 8 nitrogen and oxygen atoms in total. The molecule has 1 atom stereocenters. The van der Waals surface area contributed by atoms with Crippen LogP contribution in [0.5, 0.6) is 0 Å². The second-order valence-electron chi connectivity index (χ2n) is 6.67. The second kappa shape index (κ2) is 9.50. The van der Waals surface area contributed by atoms with E-state index in [-0.39, 0.29) is 18.4 Å². The Morgan fingerprint density at radius 1 is 1.03 bits per heavy atom. The molecule has 0 fully saturated rings. The normalized spacial score (nSPS) is 11.7. The number of carbonyl (C=O) groups is 2. The predicted molar refractivity (Wildman–Crippen MR) is 107 cm³/mol. The molecule has 29 heavy (non-hydrogen) atoms. The molecule has 0 unspecified atom stereocenters. The van der Waals surface area contributed by atoms with Crippen molar-refractivity contribution in [2.45, 2.75) is 26.5 Å². The largest absolute Gasteiger partial charge is 0.454 e. The summed E-state index contributed by atoms with van der Waals surface area (Å²) in [7, 11) is 0. The molecule has 0 saturated heterocycles. The maximum Gasteiger partial charge on any atom is 0.329 e. The lowest BCUT2D eigenvalue weighted by molar-refractivity contribution is -0.149. The Morgan fingerprint density at radius 2 is 1.69 bits per heavy atom. The average molecular weight is 394 g/mol. The Morgan fingerprint density at radius 3 is 2.34 bits per heavy atom. The summed E-state index contributed by atoms with van der Waals surface area (Å²) in [6.45, 7) is 3.45. The first-order valence-corrected chi connectivity index (χ1v) is 9.20. The van der Waals surface area contributed by atoms with Crippen LogP contribution >= 0.6 is 0 Å². The number of para-hydroxylation sites is 1. The summed E-state index contributed by atoms with van der Waals surface area (Å²) in [6.07, 6.45) is 0. The summed E-state index contributed by atoms with van der Waals surface area (Å²) < 4.78 is 10.4. The van der Waals surface area contributed by atoms with Crippen LogP contribution in [0.2, 0.25) is 0 Å². The lowest BCUT2D eigenvalue weighted by atomic mass is 10.1. The van der Waals surface area contributed by atoms with E-state index in [4.69, 9.17) is 9.26 Å². The maximum absolute atomic E-state index is 12.5. The van der Waals surface area contributed by atoms with E-state index in [0.717, 1.165) is 5.56 Å². The maximum atomic E-state index is 12.5. The zero-order valence-corrected chi connectivity index (χ0v) is 16.2. The molecular weight excluding hydrogens is 372 g/mol. The van der Waals surface area contributed by atoms with E-state index in [0.29, 0.717) is 11.5 Å². The van der Waals surface area contributed by atoms with Crippen LogP contribution in [0, 0.1) is 5.92 Å². The molecule has 0 bridgehead atoms. The van der Waals surface area contributed by atoms with Gasteiger partial charge in [-0.15, -0.1) is 0 Å². The van der Waals surface area contributed by atoms with E-state index in [1.54, 1.807) is 24.3 Å². The van der Waals surface area contributed by atoms with E-state index in [1.807, 2.05) is 50.2 Å². The highest BCUT2D eigenvalue weighted by Crippen LogP contribution is 2.15. The molecule has 2 N–H and O–H groups in total. The zero-order chi connectivity index (χ0) is 20.6. The Labute approximate surface area is 168 Å². The summed E-state index contributed by atoms with van der Waals surface area (Å²) in [6, 6.07) is 17.0. The quantitative estimate of drug-likeness (QED) is 0.593. The highest BCUT2D eigenvalue weighted by atomic mass is 16.6. The zero-order valence-electron chi connectivity index (χ0n) is 16.2. The van der Waals surface area contributed by atoms with Gasteiger partial charge in [-0.3, -0.25) is 0 Å². The molecule has 2 aromatic carbocycles. The van der Waals surface area contributed by atoms with Gasteiger partial charge in [-0.2, -0.15) is 4.98 Å². The van der Waals surface area contributed by atoms with Crippen molar-refractivity contribution in [3.8, 4) is 11.4 Å². The van der Waals surface area contributed by atoms with Gasteiger partial charge in [0.05, 0.1) is 0 Å². The minimum Gasteiger partial charge on any atom is -0.454 e. The van der Waals surface area contributed by atoms with E-state index >= 15 is 0 Å². The molecule has 0 spiro atoms. The van der Waals surface area contributed by atoms with Crippen LogP contribution < -0.4 is 10.6 Å². The van der Waals surface area contributed by atoms with Crippen molar-refractivity contribution in [3.63, 3.8) is 0 Å². The molecule has 3 rings (SSSR count). The number of hydrogen-bond acceptors (Lipinski definition) is 6. The standard InChI is InChI=1S/C21H22N4O4/c1-14(2)18(24-21(27)22-16-11-7-4-8-12-16)20(26)28-13-17-23-19(25-29-17)15-9-5-3-6-10-15/h3-12,14,18H,13H2,1-2H3,(H2,22,24,27)/t18-/m0/s1. The SMILES string of the molecule is CC(C)[C@H](NC(=O)Nc1ccccc1)C(=O)OCc1nc(-c2ccccc2)no1. The summed E-state index contributed by atoms with van der Waals surface area (Å²) >= 11 is 0. The monoisotopic (exact) mass is 394 g/mol. The summed E-state index contributed by atoms with van der Waals surface area (Å²) in [5, 5.41) is 9.20. The summed E-state index contributed by atoms with van der Waals surface area (Å²) in [5.41, 5.74) is 1.42. The molecule has 2 amide bonds. The van der Waals surface area contributed by atoms with Crippen LogP contribution in [0.1, 0.15) is 19.7 Å². The average Bonchev–Trinajstić information content (AvgIpc) is 3.20. The van der Waals surface area contributed by atoms with Gasteiger partial charge in [0.25, 0.3) is 5.89 Å². The van der Waals surface area contributed by atoms with Gasteiger partial charge in [-0.1, -0.05) is 67.5 Å². The van der Waals surface area contributed by atoms with Crippen molar-refractivity contribution in [2.24, 2.45) is 5.92 Å². The van der Waals surface area contributed by atoms with Gasteiger partial charge in [0.15, 0.2) is 6.61 Å². The van der Waals surface area contributed by atoms with Crippen molar-refractivity contribution < 1.29 is 18.8 Å². The van der Waals surface area contributed by atoms with Gasteiger partial charge >= 0.3 is 12.0 Å². The van der Waals surface area contributed by atoms with Gasteiger partial charge < -0.3 is 19.9 Å². The fourth-order valence-electron chi connectivity index (χ4n) is 2.57. The minimum absolute atomic E-state index is 0.174. The third kappa shape index (κ3) is 5.65.